The molecular formula is C16H15NO6S. The Hall–Kier alpha value is -2.87. The number of phenolic OH excluding ortho intramolecular Hbond substituents is 2. The quantitative estimate of drug-likeness (QED) is 0.539. The van der Waals surface area contributed by atoms with E-state index in [0.717, 1.165) is 30.0 Å². The monoisotopic (exact) mass is 349 g/mol. The first kappa shape index (κ1) is 17.5. The molecule has 7 nitrogen and oxygen atoms in total. The zero-order valence-corrected chi connectivity index (χ0v) is 13.2. The first-order chi connectivity index (χ1) is 11.3. The lowest BCUT2D eigenvalue weighted by molar-refractivity contribution is -0.139. The number of aliphatic carboxylic acids is 1. The van der Waals surface area contributed by atoms with Crippen molar-refractivity contribution >= 4 is 22.2 Å². The maximum atomic E-state index is 12.1. The lowest BCUT2D eigenvalue weighted by Gasteiger charge is -2.07. The van der Waals surface area contributed by atoms with Gasteiger partial charge in [-0.2, -0.15) is 12.8 Å². The molecule has 0 saturated carbocycles. The van der Waals surface area contributed by atoms with E-state index in [1.807, 2.05) is 0 Å². The number of hydrogen-bond donors (Lipinski definition) is 3. The van der Waals surface area contributed by atoms with Gasteiger partial charge in [0.15, 0.2) is 11.5 Å². The normalized spacial score (nSPS) is 13.0. The van der Waals surface area contributed by atoms with Crippen LogP contribution in [0, 0.1) is 5.92 Å². The molecule has 0 fully saturated rings. The number of carboxylic acids is 1. The molecule has 0 spiro atoms. The Balaban J connectivity index is 2.24. The van der Waals surface area contributed by atoms with Crippen LogP contribution < -0.4 is 0 Å². The number of rotatable bonds is 6. The summed E-state index contributed by atoms with van der Waals surface area (Å²) >= 11 is 0. The van der Waals surface area contributed by atoms with Gasteiger partial charge in [0.1, 0.15) is 0 Å². The summed E-state index contributed by atoms with van der Waals surface area (Å²) < 4.78 is 27.6. The average Bonchev–Trinajstić information content (AvgIpc) is 2.54. The second kappa shape index (κ2) is 7.14. The number of aromatic hydroxyl groups is 2. The minimum atomic E-state index is -4.19. The van der Waals surface area contributed by atoms with Gasteiger partial charge < -0.3 is 15.3 Å². The summed E-state index contributed by atoms with van der Waals surface area (Å²) in [7, 11) is -4.19. The molecule has 8 heteroatoms. The van der Waals surface area contributed by atoms with Gasteiger partial charge in [-0.1, -0.05) is 30.3 Å². The van der Waals surface area contributed by atoms with Crippen molar-refractivity contribution in [3.8, 4) is 11.5 Å². The van der Waals surface area contributed by atoms with E-state index >= 15 is 0 Å². The van der Waals surface area contributed by atoms with Crippen LogP contribution in [0.5, 0.6) is 11.5 Å². The van der Waals surface area contributed by atoms with E-state index in [1.165, 1.54) is 0 Å². The molecule has 0 saturated heterocycles. The lowest BCUT2D eigenvalue weighted by atomic mass is 10.0. The van der Waals surface area contributed by atoms with Gasteiger partial charge in [-0.15, -0.1) is 0 Å². The van der Waals surface area contributed by atoms with Crippen LogP contribution in [-0.2, 0) is 21.2 Å². The molecule has 2 aromatic rings. The molecule has 2 aromatic carbocycles. The van der Waals surface area contributed by atoms with E-state index in [9.17, 15) is 28.5 Å². The predicted octanol–water partition coefficient (Wildman–Crippen LogP) is 1.80. The fourth-order valence-corrected chi connectivity index (χ4v) is 2.88. The Kier molecular flexibility index (Phi) is 5.20. The van der Waals surface area contributed by atoms with Crippen LogP contribution in [0.25, 0.3) is 0 Å². The predicted molar refractivity (Wildman–Crippen MR) is 86.7 cm³/mol. The van der Waals surface area contributed by atoms with Crippen molar-refractivity contribution in [2.75, 3.05) is 0 Å². The molecule has 0 amide bonds. The highest BCUT2D eigenvalue weighted by molar-refractivity contribution is 7.90. The van der Waals surface area contributed by atoms with Crippen LogP contribution in [0.3, 0.4) is 0 Å². The van der Waals surface area contributed by atoms with Crippen LogP contribution >= 0.6 is 0 Å². The van der Waals surface area contributed by atoms with Crippen molar-refractivity contribution in [1.29, 1.82) is 0 Å². The molecule has 0 aromatic heterocycles. The fourth-order valence-electron chi connectivity index (χ4n) is 1.95. The second-order valence-electron chi connectivity index (χ2n) is 5.01. The molecule has 0 heterocycles. The minimum absolute atomic E-state index is 0.0933. The standard InChI is InChI=1S/C16H15NO6S/c18-14-7-6-13(9-15(14)19)24(22,23)17-10-12(16(20)21)8-11-4-2-1-3-5-11/h1-7,9-10,12,18-19H,8H2,(H,20,21)/b17-10+. The summed E-state index contributed by atoms with van der Waals surface area (Å²) in [5, 5.41) is 27.8. The molecule has 1 unspecified atom stereocenters. The molecule has 24 heavy (non-hydrogen) atoms. The number of nitrogens with zero attached hydrogens (tertiary/aromatic N) is 1. The zero-order chi connectivity index (χ0) is 17.7. The number of carboxylic acid groups (broad SMARTS) is 1. The van der Waals surface area contributed by atoms with Crippen molar-refractivity contribution in [1.82, 2.24) is 0 Å². The highest BCUT2D eigenvalue weighted by atomic mass is 32.2. The molecule has 0 aliphatic carbocycles. The van der Waals surface area contributed by atoms with Gasteiger partial charge in [-0.3, -0.25) is 4.79 Å². The van der Waals surface area contributed by atoms with Crippen LogP contribution in [0.4, 0.5) is 0 Å². The summed E-state index contributed by atoms with van der Waals surface area (Å²) in [6.45, 7) is 0. The maximum absolute atomic E-state index is 12.1. The van der Waals surface area contributed by atoms with E-state index < -0.39 is 33.4 Å². The summed E-state index contributed by atoms with van der Waals surface area (Å²) in [5.41, 5.74) is 0.732. The van der Waals surface area contributed by atoms with Crippen LogP contribution in [0.1, 0.15) is 5.56 Å². The Morgan fingerprint density at radius 3 is 2.33 bits per heavy atom. The molecule has 126 valence electrons. The first-order valence-electron chi connectivity index (χ1n) is 6.89. The van der Waals surface area contributed by atoms with Gasteiger partial charge in [0.2, 0.25) is 0 Å². The largest absolute Gasteiger partial charge is 0.504 e. The fraction of sp³-hybridized carbons (Fsp3) is 0.125. The van der Waals surface area contributed by atoms with Crippen molar-refractivity contribution in [3.05, 3.63) is 54.1 Å². The molecule has 0 bridgehead atoms. The van der Waals surface area contributed by atoms with Crippen molar-refractivity contribution in [2.45, 2.75) is 11.3 Å². The van der Waals surface area contributed by atoms with E-state index in [-0.39, 0.29) is 11.3 Å². The van der Waals surface area contributed by atoms with E-state index in [2.05, 4.69) is 4.40 Å². The van der Waals surface area contributed by atoms with Gasteiger partial charge in [0, 0.05) is 12.3 Å². The first-order valence-corrected chi connectivity index (χ1v) is 8.33. The second-order valence-corrected chi connectivity index (χ2v) is 6.65. The third kappa shape index (κ3) is 4.32. The Morgan fingerprint density at radius 1 is 1.08 bits per heavy atom. The molecular weight excluding hydrogens is 334 g/mol. The average molecular weight is 349 g/mol. The number of sulfonamides is 1. The van der Waals surface area contributed by atoms with Crippen LogP contribution in [0.2, 0.25) is 0 Å². The lowest BCUT2D eigenvalue weighted by Crippen LogP contribution is -2.18. The molecule has 0 radical (unpaired) electrons. The number of phenols is 2. The Labute approximate surface area is 138 Å². The topological polar surface area (TPSA) is 124 Å². The highest BCUT2D eigenvalue weighted by Crippen LogP contribution is 2.27. The summed E-state index contributed by atoms with van der Waals surface area (Å²) in [5.74, 6) is -3.39. The number of hydrogen-bond acceptors (Lipinski definition) is 5. The van der Waals surface area contributed by atoms with Crippen molar-refractivity contribution in [2.24, 2.45) is 10.3 Å². The van der Waals surface area contributed by atoms with Crippen molar-refractivity contribution in [3.63, 3.8) is 0 Å². The van der Waals surface area contributed by atoms with E-state index in [1.54, 1.807) is 30.3 Å². The summed E-state index contributed by atoms with van der Waals surface area (Å²) in [6.07, 6.45) is 0.949. The summed E-state index contributed by atoms with van der Waals surface area (Å²) in [4.78, 5) is 10.9. The Bertz CT molecular complexity index is 861. The molecule has 0 aliphatic rings. The number of carbonyl (C=O) groups is 1. The molecule has 1 atom stereocenters. The third-order valence-electron chi connectivity index (χ3n) is 3.24. The van der Waals surface area contributed by atoms with Gasteiger partial charge in [0.05, 0.1) is 10.8 Å². The smallest absolute Gasteiger partial charge is 0.312 e. The zero-order valence-electron chi connectivity index (χ0n) is 12.4. The van der Waals surface area contributed by atoms with E-state index in [0.29, 0.717) is 0 Å². The van der Waals surface area contributed by atoms with Gasteiger partial charge in [-0.25, -0.2) is 0 Å². The third-order valence-corrected chi connectivity index (χ3v) is 4.49. The molecule has 3 N–H and O–H groups in total. The minimum Gasteiger partial charge on any atom is -0.504 e. The SMILES string of the molecule is O=C(O)C(/C=N/S(=O)(=O)c1ccc(O)c(O)c1)Cc1ccccc1. The molecule has 2 rings (SSSR count). The van der Waals surface area contributed by atoms with Gasteiger partial charge in [-0.05, 0) is 24.1 Å². The van der Waals surface area contributed by atoms with E-state index in [4.69, 9.17) is 0 Å². The van der Waals surface area contributed by atoms with Crippen molar-refractivity contribution < 1.29 is 28.5 Å². The van der Waals surface area contributed by atoms with Crippen LogP contribution in [0.15, 0.2) is 57.8 Å². The number of benzene rings is 2. The summed E-state index contributed by atoms with van der Waals surface area (Å²) in [6, 6.07) is 11.7. The highest BCUT2D eigenvalue weighted by Gasteiger charge is 2.19. The van der Waals surface area contributed by atoms with Gasteiger partial charge in [0.25, 0.3) is 10.0 Å². The molecule has 0 aliphatic heterocycles. The Morgan fingerprint density at radius 2 is 1.75 bits per heavy atom. The van der Waals surface area contributed by atoms with Gasteiger partial charge >= 0.3 is 5.97 Å². The maximum Gasteiger partial charge on any atom is 0.312 e. The van der Waals surface area contributed by atoms with Crippen LogP contribution in [-0.4, -0.2) is 35.9 Å².